The predicted molar refractivity (Wildman–Crippen MR) is 135 cm³/mol. The Morgan fingerprint density at radius 1 is 1.09 bits per heavy atom. The normalized spacial score (nSPS) is 16.4. The number of ether oxygens (including phenoxy) is 1. The highest BCUT2D eigenvalue weighted by Gasteiger charge is 2.34. The highest BCUT2D eigenvalue weighted by molar-refractivity contribution is 7.80. The Morgan fingerprint density at radius 2 is 1.82 bits per heavy atom. The van der Waals surface area contributed by atoms with E-state index in [4.69, 9.17) is 26.5 Å². The fourth-order valence-corrected chi connectivity index (χ4v) is 4.36. The van der Waals surface area contributed by atoms with E-state index in [9.17, 15) is 0 Å². The van der Waals surface area contributed by atoms with Crippen molar-refractivity contribution < 1.29 is 9.26 Å². The van der Waals surface area contributed by atoms with Gasteiger partial charge in [0.2, 0.25) is 5.82 Å². The molecule has 0 amide bonds. The number of aryl methyl sites for hydroxylation is 2. The number of aromatic nitrogens is 2. The van der Waals surface area contributed by atoms with Gasteiger partial charge in [-0.3, -0.25) is 0 Å². The molecule has 3 aromatic rings. The molecule has 0 saturated heterocycles. The molecule has 1 N–H and O–H groups in total. The smallest absolute Gasteiger partial charge is 0.258 e. The van der Waals surface area contributed by atoms with Crippen LogP contribution < -0.4 is 10.1 Å². The second-order valence-electron chi connectivity index (χ2n) is 8.88. The van der Waals surface area contributed by atoms with Crippen LogP contribution in [0.4, 0.5) is 0 Å². The van der Waals surface area contributed by atoms with E-state index in [0.717, 1.165) is 34.7 Å². The second kappa shape index (κ2) is 9.35. The van der Waals surface area contributed by atoms with Gasteiger partial charge in [0.15, 0.2) is 5.11 Å². The van der Waals surface area contributed by atoms with Crippen molar-refractivity contribution in [3.05, 3.63) is 70.7 Å². The first-order chi connectivity index (χ1) is 15.8. The molecule has 1 aromatic heterocycles. The average molecular weight is 463 g/mol. The Bertz CT molecular complexity index is 1200. The second-order valence-corrected chi connectivity index (χ2v) is 9.27. The summed E-state index contributed by atoms with van der Waals surface area (Å²) in [6.07, 6.45) is 0. The molecule has 0 aliphatic carbocycles. The third kappa shape index (κ3) is 4.64. The van der Waals surface area contributed by atoms with Crippen LogP contribution in [-0.2, 0) is 0 Å². The molecular weight excluding hydrogens is 432 g/mol. The van der Waals surface area contributed by atoms with Crippen LogP contribution in [0.2, 0.25) is 0 Å². The number of methoxy groups -OCH3 is 1. The number of hydrogen-bond acceptors (Lipinski definition) is 5. The first-order valence-electron chi connectivity index (χ1n) is 11.1. The van der Waals surface area contributed by atoms with Crippen LogP contribution in [0.1, 0.15) is 49.4 Å². The van der Waals surface area contributed by atoms with E-state index in [-0.39, 0.29) is 6.04 Å². The summed E-state index contributed by atoms with van der Waals surface area (Å²) in [5.41, 5.74) is 6.43. The molecule has 6 nitrogen and oxygen atoms in total. The van der Waals surface area contributed by atoms with Gasteiger partial charge in [0, 0.05) is 17.8 Å². The zero-order valence-corrected chi connectivity index (χ0v) is 20.8. The highest BCUT2D eigenvalue weighted by Crippen LogP contribution is 2.38. The van der Waals surface area contributed by atoms with Gasteiger partial charge in [0.25, 0.3) is 5.89 Å². The molecule has 2 aromatic carbocycles. The summed E-state index contributed by atoms with van der Waals surface area (Å²) in [5, 5.41) is 8.52. The van der Waals surface area contributed by atoms with Gasteiger partial charge >= 0.3 is 0 Å². The first-order valence-corrected chi connectivity index (χ1v) is 11.5. The van der Waals surface area contributed by atoms with Gasteiger partial charge in [0.05, 0.1) is 18.7 Å². The maximum absolute atomic E-state index is 5.82. The molecule has 2 heterocycles. The molecule has 172 valence electrons. The number of rotatable bonds is 6. The third-order valence-electron chi connectivity index (χ3n) is 6.01. The third-order valence-corrected chi connectivity index (χ3v) is 6.35. The van der Waals surface area contributed by atoms with Crippen LogP contribution in [0.15, 0.2) is 52.7 Å². The molecule has 7 heteroatoms. The summed E-state index contributed by atoms with van der Waals surface area (Å²) >= 11 is 5.77. The van der Waals surface area contributed by atoms with E-state index < -0.39 is 0 Å². The molecule has 0 saturated carbocycles. The van der Waals surface area contributed by atoms with Crippen molar-refractivity contribution in [1.29, 1.82) is 0 Å². The number of benzene rings is 2. The first kappa shape index (κ1) is 23.0. The lowest BCUT2D eigenvalue weighted by atomic mass is 9.92. The molecule has 1 unspecified atom stereocenters. The van der Waals surface area contributed by atoms with E-state index in [2.05, 4.69) is 68.2 Å². The van der Waals surface area contributed by atoms with Crippen molar-refractivity contribution in [2.45, 2.75) is 40.7 Å². The maximum atomic E-state index is 5.82. The Hall–Kier alpha value is -3.19. The lowest BCUT2D eigenvalue weighted by Gasteiger charge is -2.38. The molecule has 0 fully saturated rings. The van der Waals surface area contributed by atoms with Gasteiger partial charge in [-0.1, -0.05) is 37.2 Å². The van der Waals surface area contributed by atoms with Crippen LogP contribution in [-0.4, -0.2) is 33.8 Å². The van der Waals surface area contributed by atoms with Crippen LogP contribution >= 0.6 is 12.2 Å². The summed E-state index contributed by atoms with van der Waals surface area (Å²) in [7, 11) is 1.65. The molecule has 1 atom stereocenters. The van der Waals surface area contributed by atoms with Gasteiger partial charge in [-0.2, -0.15) is 4.98 Å². The number of nitrogens with zero attached hydrogens (tertiary/aromatic N) is 3. The molecule has 0 bridgehead atoms. The quantitative estimate of drug-likeness (QED) is 0.473. The molecule has 33 heavy (non-hydrogen) atoms. The fourth-order valence-electron chi connectivity index (χ4n) is 4.03. The van der Waals surface area contributed by atoms with Crippen molar-refractivity contribution in [3.63, 3.8) is 0 Å². The van der Waals surface area contributed by atoms with Crippen molar-refractivity contribution in [1.82, 2.24) is 20.4 Å². The van der Waals surface area contributed by atoms with Crippen molar-refractivity contribution in [2.24, 2.45) is 5.92 Å². The largest absolute Gasteiger partial charge is 0.497 e. The zero-order chi connectivity index (χ0) is 23.7. The summed E-state index contributed by atoms with van der Waals surface area (Å²) < 4.78 is 11.1. The number of allylic oxidation sites excluding steroid dienone is 1. The van der Waals surface area contributed by atoms with Gasteiger partial charge in [0.1, 0.15) is 5.75 Å². The minimum Gasteiger partial charge on any atom is -0.497 e. The van der Waals surface area contributed by atoms with Gasteiger partial charge in [-0.05, 0) is 79.9 Å². The number of hydrogen-bond donors (Lipinski definition) is 1. The molecule has 4 rings (SSSR count). The average Bonchev–Trinajstić information content (AvgIpc) is 3.27. The molecule has 1 aliphatic heterocycles. The van der Waals surface area contributed by atoms with Gasteiger partial charge in [-0.15, -0.1) is 0 Å². The van der Waals surface area contributed by atoms with Crippen molar-refractivity contribution in [3.8, 4) is 17.1 Å². The number of thiocarbonyl (C=S) groups is 1. The SMILES string of the molecule is COc1ccc(-c2noc(C3=C(C)N(CC(C)C)C(=S)NC3c3ccc(C)c(C)c3)n2)cc1. The Balaban J connectivity index is 1.80. The van der Waals surface area contributed by atoms with Crippen molar-refractivity contribution >= 4 is 22.9 Å². The van der Waals surface area contributed by atoms with E-state index in [0.29, 0.717) is 22.7 Å². The minimum atomic E-state index is -0.177. The predicted octanol–water partition coefficient (Wildman–Crippen LogP) is 5.68. The van der Waals surface area contributed by atoms with Crippen LogP contribution in [0.5, 0.6) is 5.75 Å². The molecule has 0 radical (unpaired) electrons. The van der Waals surface area contributed by atoms with Crippen molar-refractivity contribution in [2.75, 3.05) is 13.7 Å². The van der Waals surface area contributed by atoms with E-state index in [1.807, 2.05) is 24.3 Å². The maximum Gasteiger partial charge on any atom is 0.258 e. The van der Waals surface area contributed by atoms with E-state index >= 15 is 0 Å². The number of nitrogens with one attached hydrogen (secondary N) is 1. The summed E-state index contributed by atoms with van der Waals surface area (Å²) in [6, 6.07) is 13.9. The Kier molecular flexibility index (Phi) is 6.51. The Labute approximate surface area is 200 Å². The zero-order valence-electron chi connectivity index (χ0n) is 20.0. The minimum absolute atomic E-state index is 0.177. The van der Waals surface area contributed by atoms with E-state index in [1.54, 1.807) is 7.11 Å². The molecule has 0 spiro atoms. The summed E-state index contributed by atoms with van der Waals surface area (Å²) in [5.74, 6) is 2.25. The molecule has 1 aliphatic rings. The standard InChI is InChI=1S/C26H30N4O2S/c1-15(2)14-30-18(5)22(23(27-26(30)33)20-8-7-16(3)17(4)13-20)25-28-24(29-32-25)19-9-11-21(31-6)12-10-19/h7-13,15,23H,14H2,1-6H3,(H,27,33). The van der Waals surface area contributed by atoms with Crippen LogP contribution in [0, 0.1) is 19.8 Å². The Morgan fingerprint density at radius 3 is 2.45 bits per heavy atom. The van der Waals surface area contributed by atoms with Gasteiger partial charge in [-0.25, -0.2) is 0 Å². The van der Waals surface area contributed by atoms with Crippen LogP contribution in [0.25, 0.3) is 17.0 Å². The molecular formula is C26H30N4O2S. The van der Waals surface area contributed by atoms with E-state index in [1.165, 1.54) is 11.1 Å². The monoisotopic (exact) mass is 462 g/mol. The fraction of sp³-hybridized carbons (Fsp3) is 0.346. The summed E-state index contributed by atoms with van der Waals surface area (Å²) in [4.78, 5) is 6.91. The lowest BCUT2D eigenvalue weighted by molar-refractivity contribution is 0.386. The van der Waals surface area contributed by atoms with Crippen LogP contribution in [0.3, 0.4) is 0 Å². The summed E-state index contributed by atoms with van der Waals surface area (Å²) in [6.45, 7) is 11.5. The highest BCUT2D eigenvalue weighted by atomic mass is 32.1. The lowest BCUT2D eigenvalue weighted by Crippen LogP contribution is -2.47. The topological polar surface area (TPSA) is 63.4 Å². The van der Waals surface area contributed by atoms with Gasteiger partial charge < -0.3 is 19.5 Å².